The van der Waals surface area contributed by atoms with Crippen molar-refractivity contribution in [2.45, 2.75) is 25.1 Å². The van der Waals surface area contributed by atoms with Crippen molar-refractivity contribution in [3.8, 4) is 5.75 Å². The number of carbonyl (C=O) groups is 1. The normalized spacial score (nSPS) is 11.7. The van der Waals surface area contributed by atoms with Gasteiger partial charge in [-0.05, 0) is 73.5 Å². The molecule has 3 rings (SSSR count). The van der Waals surface area contributed by atoms with Crippen molar-refractivity contribution < 1.29 is 31.1 Å². The van der Waals surface area contributed by atoms with E-state index in [0.717, 1.165) is 29.3 Å². The number of halogens is 4. The van der Waals surface area contributed by atoms with E-state index in [1.165, 1.54) is 24.3 Å². The lowest BCUT2D eigenvalue weighted by atomic mass is 10.1. The Morgan fingerprint density at radius 3 is 2.30 bits per heavy atom. The maximum absolute atomic E-state index is 12.9. The molecular weight excluding hydrogens is 481 g/mol. The first-order valence-electron chi connectivity index (χ1n) is 9.41. The van der Waals surface area contributed by atoms with Crippen molar-refractivity contribution >= 4 is 38.9 Å². The van der Waals surface area contributed by atoms with E-state index in [0.29, 0.717) is 5.69 Å². The first-order chi connectivity index (χ1) is 15.4. The van der Waals surface area contributed by atoms with Crippen LogP contribution in [0, 0.1) is 13.8 Å². The van der Waals surface area contributed by atoms with E-state index in [2.05, 4.69) is 14.8 Å². The Labute approximate surface area is 193 Å². The van der Waals surface area contributed by atoms with Crippen LogP contribution >= 0.6 is 11.6 Å². The van der Waals surface area contributed by atoms with Crippen LogP contribution in [-0.2, 0) is 10.0 Å². The van der Waals surface area contributed by atoms with Crippen LogP contribution in [0.2, 0.25) is 5.02 Å². The molecule has 3 aromatic rings. The fourth-order valence-electron chi connectivity index (χ4n) is 2.86. The van der Waals surface area contributed by atoms with Crippen molar-refractivity contribution in [3.05, 3.63) is 82.4 Å². The van der Waals surface area contributed by atoms with Gasteiger partial charge in [0.25, 0.3) is 15.9 Å². The SMILES string of the molecule is Cc1cccc(NS(=O)(=O)c2cc(C(=O)Nc3ccc(OC(F)(F)F)cc3)ccc2Cl)c1C. The van der Waals surface area contributed by atoms with Crippen LogP contribution in [0.3, 0.4) is 0 Å². The van der Waals surface area contributed by atoms with Gasteiger partial charge >= 0.3 is 6.36 Å². The molecule has 0 aromatic heterocycles. The summed E-state index contributed by atoms with van der Waals surface area (Å²) < 4.78 is 68.9. The van der Waals surface area contributed by atoms with Crippen molar-refractivity contribution in [2.75, 3.05) is 10.0 Å². The number of sulfonamides is 1. The smallest absolute Gasteiger partial charge is 0.406 e. The number of rotatable bonds is 6. The molecular formula is C22H18ClF3N2O4S. The topological polar surface area (TPSA) is 84.5 Å². The predicted molar refractivity (Wildman–Crippen MR) is 119 cm³/mol. The number of hydrogen-bond acceptors (Lipinski definition) is 4. The summed E-state index contributed by atoms with van der Waals surface area (Å²) in [6, 6.07) is 13.4. The molecule has 174 valence electrons. The van der Waals surface area contributed by atoms with E-state index in [1.54, 1.807) is 19.1 Å². The summed E-state index contributed by atoms with van der Waals surface area (Å²) in [4.78, 5) is 12.3. The summed E-state index contributed by atoms with van der Waals surface area (Å²) >= 11 is 6.10. The lowest BCUT2D eigenvalue weighted by molar-refractivity contribution is -0.274. The zero-order chi connectivity index (χ0) is 24.4. The second-order valence-electron chi connectivity index (χ2n) is 7.02. The highest BCUT2D eigenvalue weighted by atomic mass is 35.5. The van der Waals surface area contributed by atoms with Gasteiger partial charge in [-0.2, -0.15) is 0 Å². The Balaban J connectivity index is 1.82. The summed E-state index contributed by atoms with van der Waals surface area (Å²) in [6.45, 7) is 3.61. The molecule has 0 radical (unpaired) electrons. The third kappa shape index (κ3) is 6.17. The summed E-state index contributed by atoms with van der Waals surface area (Å²) in [5.41, 5.74) is 2.17. The Bertz CT molecular complexity index is 1290. The maximum Gasteiger partial charge on any atom is 0.573 e. The van der Waals surface area contributed by atoms with Crippen LogP contribution < -0.4 is 14.8 Å². The minimum atomic E-state index is -4.83. The fraction of sp³-hybridized carbons (Fsp3) is 0.136. The molecule has 0 unspecified atom stereocenters. The molecule has 33 heavy (non-hydrogen) atoms. The Hall–Kier alpha value is -3.24. The van der Waals surface area contributed by atoms with Crippen LogP contribution in [0.5, 0.6) is 5.75 Å². The molecule has 0 atom stereocenters. The van der Waals surface area contributed by atoms with Crippen LogP contribution in [0.1, 0.15) is 21.5 Å². The maximum atomic E-state index is 12.9. The molecule has 0 saturated heterocycles. The van der Waals surface area contributed by atoms with E-state index >= 15 is 0 Å². The highest BCUT2D eigenvalue weighted by Crippen LogP contribution is 2.28. The van der Waals surface area contributed by atoms with Gasteiger partial charge in [-0.3, -0.25) is 9.52 Å². The van der Waals surface area contributed by atoms with Gasteiger partial charge < -0.3 is 10.1 Å². The monoisotopic (exact) mass is 498 g/mol. The van der Waals surface area contributed by atoms with Crippen LogP contribution in [0.4, 0.5) is 24.5 Å². The third-order valence-corrected chi connectivity index (χ3v) is 6.52. The highest BCUT2D eigenvalue weighted by Gasteiger charge is 2.31. The van der Waals surface area contributed by atoms with Crippen molar-refractivity contribution in [2.24, 2.45) is 0 Å². The summed E-state index contributed by atoms with van der Waals surface area (Å²) in [7, 11) is -4.12. The first-order valence-corrected chi connectivity index (χ1v) is 11.3. The Morgan fingerprint density at radius 2 is 1.67 bits per heavy atom. The van der Waals surface area contributed by atoms with Gasteiger partial charge in [-0.15, -0.1) is 13.2 Å². The molecule has 0 spiro atoms. The molecule has 0 fully saturated rings. The number of amides is 1. The molecule has 6 nitrogen and oxygen atoms in total. The summed E-state index contributed by atoms with van der Waals surface area (Å²) in [6.07, 6.45) is -4.83. The Morgan fingerprint density at radius 1 is 1.00 bits per heavy atom. The number of benzene rings is 3. The second-order valence-corrected chi connectivity index (χ2v) is 9.08. The van der Waals surface area contributed by atoms with Crippen LogP contribution in [-0.4, -0.2) is 20.7 Å². The molecule has 11 heteroatoms. The van der Waals surface area contributed by atoms with Gasteiger partial charge in [0.05, 0.1) is 10.7 Å². The molecule has 1 amide bonds. The number of hydrogen-bond donors (Lipinski definition) is 2. The van der Waals surface area contributed by atoms with E-state index in [1.807, 2.05) is 13.0 Å². The quantitative estimate of drug-likeness (QED) is 0.442. The van der Waals surface area contributed by atoms with E-state index in [9.17, 15) is 26.4 Å². The average molecular weight is 499 g/mol. The highest BCUT2D eigenvalue weighted by molar-refractivity contribution is 7.92. The number of alkyl halides is 3. The lowest BCUT2D eigenvalue weighted by Gasteiger charge is -2.14. The second kappa shape index (κ2) is 9.32. The molecule has 0 bridgehead atoms. The van der Waals surface area contributed by atoms with E-state index < -0.39 is 28.0 Å². The third-order valence-electron chi connectivity index (χ3n) is 4.68. The number of nitrogens with one attached hydrogen (secondary N) is 2. The lowest BCUT2D eigenvalue weighted by Crippen LogP contribution is -2.18. The van der Waals surface area contributed by atoms with Crippen molar-refractivity contribution in [3.63, 3.8) is 0 Å². The molecule has 3 aromatic carbocycles. The molecule has 0 aliphatic carbocycles. The standard InChI is InChI=1S/C22H18ClF3N2O4S/c1-13-4-3-5-19(14(13)2)28-33(30,31)20-12-15(6-11-18(20)23)21(29)27-16-7-9-17(10-8-16)32-22(24,25)26/h3-12,28H,1-2H3,(H,27,29). The average Bonchev–Trinajstić information content (AvgIpc) is 2.72. The van der Waals surface area contributed by atoms with Gasteiger partial charge in [-0.25, -0.2) is 8.42 Å². The zero-order valence-electron chi connectivity index (χ0n) is 17.3. The minimum Gasteiger partial charge on any atom is -0.406 e. The zero-order valence-corrected chi connectivity index (χ0v) is 18.9. The largest absolute Gasteiger partial charge is 0.573 e. The van der Waals surface area contributed by atoms with Crippen LogP contribution in [0.15, 0.2) is 65.6 Å². The van der Waals surface area contributed by atoms with E-state index in [-0.39, 0.29) is 21.2 Å². The number of ether oxygens (including phenoxy) is 1. The number of anilines is 2. The number of aryl methyl sites for hydroxylation is 1. The summed E-state index contributed by atoms with van der Waals surface area (Å²) in [5.74, 6) is -1.13. The minimum absolute atomic E-state index is 0.0173. The molecule has 0 saturated carbocycles. The van der Waals surface area contributed by atoms with Crippen molar-refractivity contribution in [1.82, 2.24) is 0 Å². The molecule has 0 aliphatic heterocycles. The molecule has 2 N–H and O–H groups in total. The fourth-order valence-corrected chi connectivity index (χ4v) is 4.50. The molecule has 0 heterocycles. The van der Waals surface area contributed by atoms with E-state index in [4.69, 9.17) is 11.6 Å². The molecule has 0 aliphatic rings. The Kier molecular flexibility index (Phi) is 6.89. The van der Waals surface area contributed by atoms with Gasteiger partial charge in [0.2, 0.25) is 0 Å². The van der Waals surface area contributed by atoms with Gasteiger partial charge in [0, 0.05) is 11.3 Å². The van der Waals surface area contributed by atoms with Gasteiger partial charge in [-0.1, -0.05) is 23.7 Å². The summed E-state index contributed by atoms with van der Waals surface area (Å²) in [5, 5.41) is 2.39. The predicted octanol–water partition coefficient (Wildman–Crippen LogP) is 5.91. The van der Waals surface area contributed by atoms with Gasteiger partial charge in [0.15, 0.2) is 0 Å². The van der Waals surface area contributed by atoms with Crippen LogP contribution in [0.25, 0.3) is 0 Å². The first kappa shape index (κ1) is 24.4. The van der Waals surface area contributed by atoms with Crippen molar-refractivity contribution in [1.29, 1.82) is 0 Å². The van der Waals surface area contributed by atoms with Gasteiger partial charge in [0.1, 0.15) is 10.6 Å². The number of carbonyl (C=O) groups excluding carboxylic acids is 1.